The van der Waals surface area contributed by atoms with E-state index in [2.05, 4.69) is 28.2 Å². The fourth-order valence-electron chi connectivity index (χ4n) is 4.96. The first kappa shape index (κ1) is 18.3. The van der Waals surface area contributed by atoms with Gasteiger partial charge in [0.15, 0.2) is 0 Å². The van der Waals surface area contributed by atoms with Gasteiger partial charge < -0.3 is 8.97 Å². The molecule has 2 nitrogen and oxygen atoms in total. The summed E-state index contributed by atoms with van der Waals surface area (Å²) in [4.78, 5) is 0. The molecular formula is C20H42N2+2. The van der Waals surface area contributed by atoms with E-state index in [4.69, 9.17) is 0 Å². The Balaban J connectivity index is 1.68. The number of hydrogen-bond acceptors (Lipinski definition) is 0. The van der Waals surface area contributed by atoms with Crippen LogP contribution in [0.25, 0.3) is 0 Å². The lowest BCUT2D eigenvalue weighted by molar-refractivity contribution is -0.922. The Bertz CT molecular complexity index is 278. The average Bonchev–Trinajstić information content (AvgIpc) is 2.53. The minimum absolute atomic E-state index is 0.939. The SMILES string of the molecule is C[N+](C)(CCCC[N+](C)(C)C1CCCCC1)C1CCCCC1. The number of nitrogens with zero attached hydrogens (tertiary/aromatic N) is 2. The Morgan fingerprint density at radius 1 is 0.545 bits per heavy atom. The Morgan fingerprint density at radius 3 is 1.18 bits per heavy atom. The molecule has 22 heavy (non-hydrogen) atoms. The Morgan fingerprint density at radius 2 is 0.864 bits per heavy atom. The van der Waals surface area contributed by atoms with E-state index in [9.17, 15) is 0 Å². The zero-order chi connectivity index (χ0) is 16.1. The Hall–Kier alpha value is -0.0800. The molecule has 0 unspecified atom stereocenters. The van der Waals surface area contributed by atoms with Gasteiger partial charge in [-0.3, -0.25) is 0 Å². The van der Waals surface area contributed by atoms with Crippen LogP contribution in [0.5, 0.6) is 0 Å². The van der Waals surface area contributed by atoms with Crippen molar-refractivity contribution in [2.45, 2.75) is 89.1 Å². The van der Waals surface area contributed by atoms with Crippen LogP contribution < -0.4 is 0 Å². The van der Waals surface area contributed by atoms with Gasteiger partial charge in [0.05, 0.1) is 53.4 Å². The second-order valence-corrected chi connectivity index (χ2v) is 9.30. The summed E-state index contributed by atoms with van der Waals surface area (Å²) in [5.74, 6) is 0. The molecule has 0 aromatic heterocycles. The van der Waals surface area contributed by atoms with Crippen LogP contribution in [0.15, 0.2) is 0 Å². The van der Waals surface area contributed by atoms with Gasteiger partial charge in [0.2, 0.25) is 0 Å². The van der Waals surface area contributed by atoms with Crippen LogP contribution in [0, 0.1) is 0 Å². The van der Waals surface area contributed by atoms with Gasteiger partial charge in [0.1, 0.15) is 0 Å². The Labute approximate surface area is 140 Å². The maximum absolute atomic E-state index is 2.48. The van der Waals surface area contributed by atoms with Crippen molar-refractivity contribution in [1.82, 2.24) is 0 Å². The summed E-state index contributed by atoms with van der Waals surface area (Å²) in [6.07, 6.45) is 17.5. The highest BCUT2D eigenvalue weighted by Gasteiger charge is 2.31. The molecule has 2 aliphatic carbocycles. The molecule has 0 heterocycles. The molecule has 0 spiro atoms. The third-order valence-electron chi connectivity index (χ3n) is 6.85. The predicted octanol–water partition coefficient (Wildman–Crippen LogP) is 4.58. The molecule has 0 bridgehead atoms. The van der Waals surface area contributed by atoms with Gasteiger partial charge >= 0.3 is 0 Å². The van der Waals surface area contributed by atoms with Crippen LogP contribution in [0.2, 0.25) is 0 Å². The molecule has 2 heteroatoms. The van der Waals surface area contributed by atoms with E-state index in [1.54, 1.807) is 0 Å². The van der Waals surface area contributed by atoms with Crippen LogP contribution in [0.4, 0.5) is 0 Å². The number of rotatable bonds is 7. The van der Waals surface area contributed by atoms with Gasteiger partial charge in [-0.2, -0.15) is 0 Å². The van der Waals surface area contributed by atoms with E-state index < -0.39 is 0 Å². The summed E-state index contributed by atoms with van der Waals surface area (Å²) in [6.45, 7) is 2.77. The van der Waals surface area contributed by atoms with Crippen LogP contribution in [-0.2, 0) is 0 Å². The summed E-state index contributed by atoms with van der Waals surface area (Å²) in [5.41, 5.74) is 0. The van der Waals surface area contributed by atoms with E-state index >= 15 is 0 Å². The first-order valence-corrected chi connectivity index (χ1v) is 10.1. The van der Waals surface area contributed by atoms with Crippen molar-refractivity contribution in [3.8, 4) is 0 Å². The number of unbranched alkanes of at least 4 members (excludes halogenated alkanes) is 1. The highest BCUT2D eigenvalue weighted by Crippen LogP contribution is 2.27. The van der Waals surface area contributed by atoms with Crippen molar-refractivity contribution in [2.75, 3.05) is 41.3 Å². The van der Waals surface area contributed by atoms with Gasteiger partial charge in [-0.25, -0.2) is 0 Å². The Kier molecular flexibility index (Phi) is 6.76. The van der Waals surface area contributed by atoms with E-state index in [-0.39, 0.29) is 0 Å². The summed E-state index contributed by atoms with van der Waals surface area (Å²) in [6, 6.07) is 1.88. The van der Waals surface area contributed by atoms with Crippen molar-refractivity contribution >= 4 is 0 Å². The van der Waals surface area contributed by atoms with E-state index in [0.717, 1.165) is 12.1 Å². The third-order valence-corrected chi connectivity index (χ3v) is 6.85. The van der Waals surface area contributed by atoms with Crippen molar-refractivity contribution in [3.63, 3.8) is 0 Å². The quantitative estimate of drug-likeness (QED) is 0.477. The number of quaternary nitrogens is 2. The molecule has 0 N–H and O–H groups in total. The lowest BCUT2D eigenvalue weighted by Crippen LogP contribution is -2.51. The molecule has 0 amide bonds. The van der Waals surface area contributed by atoms with E-state index in [1.165, 1.54) is 99.1 Å². The largest absolute Gasteiger partial charge is 0.326 e. The molecule has 130 valence electrons. The van der Waals surface area contributed by atoms with Gasteiger partial charge in [-0.15, -0.1) is 0 Å². The predicted molar refractivity (Wildman–Crippen MR) is 96.9 cm³/mol. The maximum atomic E-state index is 2.48. The second-order valence-electron chi connectivity index (χ2n) is 9.30. The maximum Gasteiger partial charge on any atom is 0.0886 e. The molecule has 2 saturated carbocycles. The fourth-order valence-corrected chi connectivity index (χ4v) is 4.96. The summed E-state index contributed by atoms with van der Waals surface area (Å²) in [5, 5.41) is 0. The van der Waals surface area contributed by atoms with Crippen molar-refractivity contribution < 1.29 is 8.97 Å². The van der Waals surface area contributed by atoms with Crippen LogP contribution >= 0.6 is 0 Å². The average molecular weight is 311 g/mol. The summed E-state index contributed by atoms with van der Waals surface area (Å²) < 4.78 is 2.55. The van der Waals surface area contributed by atoms with Crippen molar-refractivity contribution in [3.05, 3.63) is 0 Å². The zero-order valence-electron chi connectivity index (χ0n) is 15.9. The van der Waals surface area contributed by atoms with E-state index in [0.29, 0.717) is 0 Å². The van der Waals surface area contributed by atoms with Crippen molar-refractivity contribution in [1.29, 1.82) is 0 Å². The molecule has 0 saturated heterocycles. The molecule has 0 aliphatic heterocycles. The lowest BCUT2D eigenvalue weighted by Gasteiger charge is -2.42. The normalized spacial score (nSPS) is 22.9. The van der Waals surface area contributed by atoms with Gasteiger partial charge in [0.25, 0.3) is 0 Å². The van der Waals surface area contributed by atoms with Gasteiger partial charge in [0, 0.05) is 12.8 Å². The molecule has 0 aromatic rings. The smallest absolute Gasteiger partial charge is 0.0886 e. The summed E-state index contributed by atoms with van der Waals surface area (Å²) >= 11 is 0. The molecule has 2 fully saturated rings. The minimum atomic E-state index is 0.939. The van der Waals surface area contributed by atoms with E-state index in [1.807, 2.05) is 0 Å². The van der Waals surface area contributed by atoms with Crippen molar-refractivity contribution in [2.24, 2.45) is 0 Å². The molecular weight excluding hydrogens is 268 g/mol. The lowest BCUT2D eigenvalue weighted by atomic mass is 9.92. The minimum Gasteiger partial charge on any atom is -0.326 e. The van der Waals surface area contributed by atoms with Gasteiger partial charge in [-0.1, -0.05) is 12.8 Å². The fraction of sp³-hybridized carbons (Fsp3) is 1.00. The first-order valence-electron chi connectivity index (χ1n) is 10.1. The second kappa shape index (κ2) is 8.15. The molecule has 0 aromatic carbocycles. The molecule has 0 radical (unpaired) electrons. The standard InChI is InChI=1S/C20H42N2/c1-21(2,19-13-7-5-8-14-19)17-11-12-18-22(3,4)20-15-9-6-10-16-20/h19-20H,5-18H2,1-4H3/q+2. The topological polar surface area (TPSA) is 0 Å². The highest BCUT2D eigenvalue weighted by atomic mass is 15.3. The molecule has 2 rings (SSSR count). The zero-order valence-corrected chi connectivity index (χ0v) is 15.9. The number of hydrogen-bond donors (Lipinski definition) is 0. The molecule has 2 aliphatic rings. The van der Waals surface area contributed by atoms with Crippen LogP contribution in [0.3, 0.4) is 0 Å². The van der Waals surface area contributed by atoms with Gasteiger partial charge in [-0.05, 0) is 51.4 Å². The monoisotopic (exact) mass is 310 g/mol. The third kappa shape index (κ3) is 5.23. The van der Waals surface area contributed by atoms with Crippen LogP contribution in [0.1, 0.15) is 77.0 Å². The first-order chi connectivity index (χ1) is 10.4. The van der Waals surface area contributed by atoms with Crippen LogP contribution in [-0.4, -0.2) is 62.3 Å². The highest BCUT2D eigenvalue weighted by molar-refractivity contribution is 4.67. The molecule has 0 atom stereocenters. The summed E-state index contributed by atoms with van der Waals surface area (Å²) in [7, 11) is 9.93.